The summed E-state index contributed by atoms with van der Waals surface area (Å²) < 4.78 is 5.26. The van der Waals surface area contributed by atoms with Crippen molar-refractivity contribution in [3.05, 3.63) is 53.3 Å². The van der Waals surface area contributed by atoms with Gasteiger partial charge in [-0.15, -0.1) is 0 Å². The van der Waals surface area contributed by atoms with Gasteiger partial charge in [0.1, 0.15) is 11.3 Å². The highest BCUT2D eigenvalue weighted by molar-refractivity contribution is 6.33. The van der Waals surface area contributed by atoms with Gasteiger partial charge in [-0.3, -0.25) is 0 Å². The number of rotatable bonds is 3. The first-order chi connectivity index (χ1) is 9.85. The number of para-hydroxylation sites is 1. The summed E-state index contributed by atoms with van der Waals surface area (Å²) in [6, 6.07) is 10.8. The van der Waals surface area contributed by atoms with Gasteiger partial charge in [-0.1, -0.05) is 23.7 Å². The molecule has 0 unspecified atom stereocenters. The zero-order valence-electron chi connectivity index (χ0n) is 12.2. The lowest BCUT2D eigenvalue weighted by atomic mass is 10.2. The molecule has 21 heavy (non-hydrogen) atoms. The van der Waals surface area contributed by atoms with Crippen LogP contribution in [0, 0.1) is 0 Å². The molecule has 1 aromatic carbocycles. The monoisotopic (exact) mass is 304 g/mol. The number of nitrogens with one attached hydrogen (secondary N) is 1. The standard InChI is InChI=1S/C16H17ClN2O2/c1-16(2,3)21-15(20)14-9-8-11(10-18-14)19-13-7-5-4-6-12(13)17/h4-10,19H,1-3H3. The zero-order valence-corrected chi connectivity index (χ0v) is 12.9. The van der Waals surface area contributed by atoms with Gasteiger partial charge in [0.05, 0.1) is 22.6 Å². The Morgan fingerprint density at radius 3 is 2.48 bits per heavy atom. The molecule has 0 spiro atoms. The minimum absolute atomic E-state index is 0.273. The molecular weight excluding hydrogens is 288 g/mol. The van der Waals surface area contributed by atoms with Crippen molar-refractivity contribution in [3.63, 3.8) is 0 Å². The maximum absolute atomic E-state index is 11.9. The molecule has 4 nitrogen and oxygen atoms in total. The van der Waals surface area contributed by atoms with Crippen molar-refractivity contribution in [1.82, 2.24) is 4.98 Å². The molecule has 2 aromatic rings. The summed E-state index contributed by atoms with van der Waals surface area (Å²) in [6.45, 7) is 5.45. The second-order valence-electron chi connectivity index (χ2n) is 5.54. The molecule has 5 heteroatoms. The number of nitrogens with zero attached hydrogens (tertiary/aromatic N) is 1. The minimum Gasteiger partial charge on any atom is -0.455 e. The summed E-state index contributed by atoms with van der Waals surface area (Å²) >= 11 is 6.07. The topological polar surface area (TPSA) is 51.2 Å². The second kappa shape index (κ2) is 6.14. The highest BCUT2D eigenvalue weighted by Crippen LogP contribution is 2.24. The van der Waals surface area contributed by atoms with Crippen LogP contribution >= 0.6 is 11.6 Å². The van der Waals surface area contributed by atoms with E-state index in [0.717, 1.165) is 11.4 Å². The highest BCUT2D eigenvalue weighted by atomic mass is 35.5. The van der Waals surface area contributed by atoms with Crippen LogP contribution in [-0.4, -0.2) is 16.6 Å². The zero-order chi connectivity index (χ0) is 15.5. The number of aromatic nitrogens is 1. The second-order valence-corrected chi connectivity index (χ2v) is 5.95. The Morgan fingerprint density at radius 2 is 1.90 bits per heavy atom. The molecule has 0 radical (unpaired) electrons. The van der Waals surface area contributed by atoms with Crippen LogP contribution in [0.3, 0.4) is 0 Å². The summed E-state index contributed by atoms with van der Waals surface area (Å²) in [4.78, 5) is 16.0. The van der Waals surface area contributed by atoms with Crippen LogP contribution in [0.25, 0.3) is 0 Å². The van der Waals surface area contributed by atoms with Crippen molar-refractivity contribution >= 4 is 28.9 Å². The number of halogens is 1. The third-order valence-corrected chi connectivity index (χ3v) is 2.85. The van der Waals surface area contributed by atoms with E-state index in [9.17, 15) is 4.79 Å². The number of hydrogen-bond acceptors (Lipinski definition) is 4. The van der Waals surface area contributed by atoms with Crippen LogP contribution in [-0.2, 0) is 4.74 Å². The number of carbonyl (C=O) groups excluding carboxylic acids is 1. The van der Waals surface area contributed by atoms with E-state index in [1.807, 2.05) is 39.0 Å². The number of pyridine rings is 1. The molecule has 0 aliphatic carbocycles. The van der Waals surface area contributed by atoms with Crippen molar-refractivity contribution in [2.45, 2.75) is 26.4 Å². The summed E-state index contributed by atoms with van der Waals surface area (Å²) in [7, 11) is 0. The quantitative estimate of drug-likeness (QED) is 0.852. The largest absolute Gasteiger partial charge is 0.455 e. The molecule has 0 amide bonds. The van der Waals surface area contributed by atoms with E-state index in [2.05, 4.69) is 10.3 Å². The average Bonchev–Trinajstić information content (AvgIpc) is 2.40. The van der Waals surface area contributed by atoms with Gasteiger partial charge < -0.3 is 10.1 Å². The van der Waals surface area contributed by atoms with Crippen molar-refractivity contribution in [3.8, 4) is 0 Å². The van der Waals surface area contributed by atoms with Crippen LogP contribution in [0.4, 0.5) is 11.4 Å². The first kappa shape index (κ1) is 15.3. The average molecular weight is 305 g/mol. The van der Waals surface area contributed by atoms with Crippen molar-refractivity contribution in [1.29, 1.82) is 0 Å². The Balaban J connectivity index is 2.09. The molecule has 1 N–H and O–H groups in total. The SMILES string of the molecule is CC(C)(C)OC(=O)c1ccc(Nc2ccccc2Cl)cn1. The molecule has 1 aromatic heterocycles. The van der Waals surface area contributed by atoms with Gasteiger partial charge >= 0.3 is 5.97 Å². The number of anilines is 2. The van der Waals surface area contributed by atoms with Gasteiger partial charge in [-0.05, 0) is 45.0 Å². The molecule has 0 saturated carbocycles. The van der Waals surface area contributed by atoms with Crippen LogP contribution in [0.2, 0.25) is 5.02 Å². The third kappa shape index (κ3) is 4.46. The van der Waals surface area contributed by atoms with E-state index < -0.39 is 11.6 Å². The van der Waals surface area contributed by atoms with Crippen LogP contribution in [0.15, 0.2) is 42.6 Å². The molecule has 0 saturated heterocycles. The van der Waals surface area contributed by atoms with E-state index in [-0.39, 0.29) is 5.69 Å². The van der Waals surface area contributed by atoms with Gasteiger partial charge in [0, 0.05) is 0 Å². The Kier molecular flexibility index (Phi) is 4.48. The van der Waals surface area contributed by atoms with Crippen molar-refractivity contribution < 1.29 is 9.53 Å². The fourth-order valence-corrected chi connectivity index (χ4v) is 1.82. The van der Waals surface area contributed by atoms with Gasteiger partial charge in [0.2, 0.25) is 0 Å². The molecule has 0 aliphatic heterocycles. The van der Waals surface area contributed by atoms with Crippen LogP contribution < -0.4 is 5.32 Å². The first-order valence-electron chi connectivity index (χ1n) is 6.56. The number of hydrogen-bond donors (Lipinski definition) is 1. The van der Waals surface area contributed by atoms with E-state index in [1.54, 1.807) is 24.4 Å². The molecule has 110 valence electrons. The van der Waals surface area contributed by atoms with Gasteiger partial charge in [0.15, 0.2) is 0 Å². The normalized spacial score (nSPS) is 11.0. The van der Waals surface area contributed by atoms with Crippen LogP contribution in [0.5, 0.6) is 0 Å². The maximum Gasteiger partial charge on any atom is 0.357 e. The molecule has 0 atom stereocenters. The van der Waals surface area contributed by atoms with E-state index in [1.165, 1.54) is 0 Å². The Labute approximate surface area is 129 Å². The van der Waals surface area contributed by atoms with E-state index in [4.69, 9.17) is 16.3 Å². The lowest BCUT2D eigenvalue weighted by Gasteiger charge is -2.19. The Morgan fingerprint density at radius 1 is 1.19 bits per heavy atom. The first-order valence-corrected chi connectivity index (χ1v) is 6.94. The fraction of sp³-hybridized carbons (Fsp3) is 0.250. The smallest absolute Gasteiger partial charge is 0.357 e. The summed E-state index contributed by atoms with van der Waals surface area (Å²) in [5.74, 6) is -0.438. The number of benzene rings is 1. The lowest BCUT2D eigenvalue weighted by molar-refractivity contribution is 0.00629. The maximum atomic E-state index is 11.9. The third-order valence-electron chi connectivity index (χ3n) is 2.52. The van der Waals surface area contributed by atoms with E-state index in [0.29, 0.717) is 5.02 Å². The summed E-state index contributed by atoms with van der Waals surface area (Å²) in [5.41, 5.74) is 1.27. The minimum atomic E-state index is -0.534. The van der Waals surface area contributed by atoms with Crippen LogP contribution in [0.1, 0.15) is 31.3 Å². The van der Waals surface area contributed by atoms with Gasteiger partial charge in [-0.25, -0.2) is 9.78 Å². The molecule has 1 heterocycles. The molecular formula is C16H17ClN2O2. The molecule has 0 fully saturated rings. The summed E-state index contributed by atoms with van der Waals surface area (Å²) in [5, 5.41) is 3.76. The van der Waals surface area contributed by atoms with Gasteiger partial charge in [0.25, 0.3) is 0 Å². The summed E-state index contributed by atoms with van der Waals surface area (Å²) in [6.07, 6.45) is 1.57. The molecule has 2 rings (SSSR count). The van der Waals surface area contributed by atoms with Crippen molar-refractivity contribution in [2.75, 3.05) is 5.32 Å². The van der Waals surface area contributed by atoms with E-state index >= 15 is 0 Å². The molecule has 0 aliphatic rings. The Bertz CT molecular complexity index is 633. The fourth-order valence-electron chi connectivity index (χ4n) is 1.64. The predicted molar refractivity (Wildman–Crippen MR) is 84.1 cm³/mol. The van der Waals surface area contributed by atoms with Gasteiger partial charge in [-0.2, -0.15) is 0 Å². The highest BCUT2D eigenvalue weighted by Gasteiger charge is 2.18. The lowest BCUT2D eigenvalue weighted by Crippen LogP contribution is -2.24. The number of ether oxygens (including phenoxy) is 1. The predicted octanol–water partition coefficient (Wildman–Crippen LogP) is 4.43. The number of carbonyl (C=O) groups is 1. The number of esters is 1. The Hall–Kier alpha value is -2.07. The molecule has 0 bridgehead atoms. The van der Waals surface area contributed by atoms with Crippen molar-refractivity contribution in [2.24, 2.45) is 0 Å².